The van der Waals surface area contributed by atoms with Crippen molar-refractivity contribution in [1.82, 2.24) is 9.97 Å². The molecule has 0 spiro atoms. The van der Waals surface area contributed by atoms with Crippen LogP contribution in [-0.2, 0) is 0 Å². The van der Waals surface area contributed by atoms with Gasteiger partial charge in [0, 0.05) is 28.5 Å². The van der Waals surface area contributed by atoms with Crippen LogP contribution in [0.15, 0.2) is 72.9 Å². The Bertz CT molecular complexity index is 1050. The SMILES string of the molecule is CCCP(CCC)c1ccc(-c2cc3ccccc3cc2-c2ccccn2)[nH]1. The van der Waals surface area contributed by atoms with E-state index in [1.54, 1.807) is 0 Å². The molecule has 4 rings (SSSR count). The maximum atomic E-state index is 4.63. The third-order valence-electron chi connectivity index (χ3n) is 5.12. The van der Waals surface area contributed by atoms with E-state index in [2.05, 4.69) is 84.5 Å². The molecule has 2 nitrogen and oxygen atoms in total. The Labute approximate surface area is 168 Å². The summed E-state index contributed by atoms with van der Waals surface area (Å²) in [7, 11) is -0.0952. The van der Waals surface area contributed by atoms with Gasteiger partial charge in [-0.1, -0.05) is 64.9 Å². The van der Waals surface area contributed by atoms with Crippen LogP contribution < -0.4 is 5.44 Å². The average molecular weight is 386 g/mol. The van der Waals surface area contributed by atoms with E-state index in [4.69, 9.17) is 0 Å². The number of H-pyrrole nitrogens is 1. The Morgan fingerprint density at radius 1 is 0.786 bits per heavy atom. The van der Waals surface area contributed by atoms with Crippen LogP contribution in [0, 0.1) is 0 Å². The third-order valence-corrected chi connectivity index (χ3v) is 8.03. The Morgan fingerprint density at radius 3 is 2.11 bits per heavy atom. The monoisotopic (exact) mass is 386 g/mol. The molecule has 2 heterocycles. The first-order valence-electron chi connectivity index (χ1n) is 10.2. The normalized spacial score (nSPS) is 11.4. The van der Waals surface area contributed by atoms with E-state index >= 15 is 0 Å². The van der Waals surface area contributed by atoms with E-state index in [0.717, 1.165) is 5.69 Å². The quantitative estimate of drug-likeness (QED) is 0.347. The van der Waals surface area contributed by atoms with Gasteiger partial charge in [0.15, 0.2) is 0 Å². The molecule has 2 aromatic carbocycles. The van der Waals surface area contributed by atoms with Gasteiger partial charge in [-0.25, -0.2) is 0 Å². The van der Waals surface area contributed by atoms with Crippen molar-refractivity contribution in [1.29, 1.82) is 0 Å². The van der Waals surface area contributed by atoms with Crippen molar-refractivity contribution >= 4 is 24.1 Å². The van der Waals surface area contributed by atoms with Crippen LogP contribution in [-0.4, -0.2) is 22.3 Å². The summed E-state index contributed by atoms with van der Waals surface area (Å²) >= 11 is 0. The van der Waals surface area contributed by atoms with Crippen LogP contribution in [0.1, 0.15) is 26.7 Å². The topological polar surface area (TPSA) is 28.7 Å². The predicted molar refractivity (Wildman–Crippen MR) is 124 cm³/mol. The molecule has 0 saturated carbocycles. The van der Waals surface area contributed by atoms with Gasteiger partial charge >= 0.3 is 0 Å². The molecule has 3 heteroatoms. The number of nitrogens with one attached hydrogen (secondary N) is 1. The van der Waals surface area contributed by atoms with Gasteiger partial charge in [-0.05, 0) is 59.5 Å². The zero-order valence-electron chi connectivity index (χ0n) is 16.7. The van der Waals surface area contributed by atoms with Gasteiger partial charge in [-0.3, -0.25) is 4.98 Å². The average Bonchev–Trinajstić information content (AvgIpc) is 3.23. The molecule has 1 N–H and O–H groups in total. The molecule has 0 amide bonds. The summed E-state index contributed by atoms with van der Waals surface area (Å²) in [4.78, 5) is 8.41. The summed E-state index contributed by atoms with van der Waals surface area (Å²) in [5, 5.41) is 2.51. The summed E-state index contributed by atoms with van der Waals surface area (Å²) in [6, 6.07) is 23.8. The van der Waals surface area contributed by atoms with Gasteiger partial charge in [0.1, 0.15) is 0 Å². The van der Waals surface area contributed by atoms with E-state index in [9.17, 15) is 0 Å². The van der Waals surface area contributed by atoms with E-state index in [0.29, 0.717) is 0 Å². The molecule has 2 aromatic heterocycles. The molecule has 0 radical (unpaired) electrons. The highest BCUT2D eigenvalue weighted by Crippen LogP contribution is 2.38. The number of hydrogen-bond donors (Lipinski definition) is 1. The molecule has 0 bridgehead atoms. The standard InChI is InChI=1S/C25H27N2P/c1-3-15-28(16-4-2)25-13-12-24(27-25)22-18-20-10-6-5-9-19(20)17-21(22)23-11-7-8-14-26-23/h5-14,17-18,27H,3-4,15-16H2,1-2H3. The van der Waals surface area contributed by atoms with E-state index in [1.165, 1.54) is 58.2 Å². The molecule has 0 aliphatic heterocycles. The lowest BCUT2D eigenvalue weighted by Gasteiger charge is -2.15. The van der Waals surface area contributed by atoms with Crippen molar-refractivity contribution in [2.75, 3.05) is 12.3 Å². The molecule has 142 valence electrons. The first-order chi connectivity index (χ1) is 13.8. The highest BCUT2D eigenvalue weighted by Gasteiger charge is 2.15. The minimum absolute atomic E-state index is 0.0952. The Morgan fingerprint density at radius 2 is 1.46 bits per heavy atom. The Kier molecular flexibility index (Phi) is 5.88. The lowest BCUT2D eigenvalue weighted by molar-refractivity contribution is 1.06. The smallest absolute Gasteiger partial charge is 0.0708 e. The lowest BCUT2D eigenvalue weighted by Crippen LogP contribution is -2.07. The molecular formula is C25H27N2P. The predicted octanol–water partition coefficient (Wildman–Crippen LogP) is 6.82. The maximum Gasteiger partial charge on any atom is 0.0708 e. The first-order valence-corrected chi connectivity index (χ1v) is 11.9. The van der Waals surface area contributed by atoms with Crippen molar-refractivity contribution in [2.45, 2.75) is 26.7 Å². The number of benzene rings is 2. The molecule has 0 aliphatic rings. The number of aromatic nitrogens is 2. The number of rotatable bonds is 7. The van der Waals surface area contributed by atoms with Gasteiger partial charge in [0.25, 0.3) is 0 Å². The summed E-state index contributed by atoms with van der Waals surface area (Å²) in [5.74, 6) is 0. The van der Waals surface area contributed by atoms with Gasteiger partial charge in [-0.15, -0.1) is 0 Å². The fourth-order valence-electron chi connectivity index (χ4n) is 3.81. The zero-order chi connectivity index (χ0) is 19.3. The third kappa shape index (κ3) is 3.88. The molecule has 0 unspecified atom stereocenters. The van der Waals surface area contributed by atoms with Crippen LogP contribution in [0.5, 0.6) is 0 Å². The van der Waals surface area contributed by atoms with E-state index in [-0.39, 0.29) is 7.92 Å². The van der Waals surface area contributed by atoms with Crippen molar-refractivity contribution in [3.05, 3.63) is 72.9 Å². The van der Waals surface area contributed by atoms with E-state index in [1.807, 2.05) is 12.3 Å². The van der Waals surface area contributed by atoms with Gasteiger partial charge < -0.3 is 4.98 Å². The number of pyridine rings is 1. The Balaban J connectivity index is 1.84. The van der Waals surface area contributed by atoms with Crippen molar-refractivity contribution in [3.8, 4) is 22.5 Å². The molecule has 0 fully saturated rings. The zero-order valence-corrected chi connectivity index (χ0v) is 17.5. The fraction of sp³-hybridized carbons (Fsp3) is 0.240. The molecule has 0 aliphatic carbocycles. The fourth-order valence-corrected chi connectivity index (χ4v) is 6.16. The number of nitrogens with zero attached hydrogens (tertiary/aromatic N) is 1. The van der Waals surface area contributed by atoms with Gasteiger partial charge in [-0.2, -0.15) is 0 Å². The first kappa shape index (κ1) is 18.9. The second-order valence-corrected chi connectivity index (χ2v) is 9.66. The molecule has 4 aromatic rings. The van der Waals surface area contributed by atoms with Crippen molar-refractivity contribution in [2.24, 2.45) is 0 Å². The molecule has 0 saturated heterocycles. The van der Waals surface area contributed by atoms with Crippen LogP contribution in [0.4, 0.5) is 0 Å². The van der Waals surface area contributed by atoms with Crippen molar-refractivity contribution < 1.29 is 0 Å². The van der Waals surface area contributed by atoms with Crippen LogP contribution in [0.25, 0.3) is 33.3 Å². The Hall–Kier alpha value is -2.44. The number of fused-ring (bicyclic) bond motifs is 1. The molecule has 28 heavy (non-hydrogen) atoms. The maximum absolute atomic E-state index is 4.63. The van der Waals surface area contributed by atoms with Crippen molar-refractivity contribution in [3.63, 3.8) is 0 Å². The molecule has 0 atom stereocenters. The van der Waals surface area contributed by atoms with E-state index < -0.39 is 0 Å². The minimum atomic E-state index is -0.0952. The van der Waals surface area contributed by atoms with Gasteiger partial charge in [0.05, 0.1) is 5.69 Å². The number of aromatic amines is 1. The van der Waals surface area contributed by atoms with Crippen LogP contribution in [0.3, 0.4) is 0 Å². The summed E-state index contributed by atoms with van der Waals surface area (Å²) in [5.41, 5.74) is 6.05. The minimum Gasteiger partial charge on any atom is -0.355 e. The summed E-state index contributed by atoms with van der Waals surface area (Å²) < 4.78 is 0. The second kappa shape index (κ2) is 8.71. The summed E-state index contributed by atoms with van der Waals surface area (Å²) in [6.45, 7) is 4.58. The lowest BCUT2D eigenvalue weighted by atomic mass is 9.96. The number of hydrogen-bond acceptors (Lipinski definition) is 1. The highest BCUT2D eigenvalue weighted by molar-refractivity contribution is 7.65. The molecular weight excluding hydrogens is 359 g/mol. The summed E-state index contributed by atoms with van der Waals surface area (Å²) in [6.07, 6.45) is 6.96. The largest absolute Gasteiger partial charge is 0.355 e. The van der Waals surface area contributed by atoms with Gasteiger partial charge in [0.2, 0.25) is 0 Å². The highest BCUT2D eigenvalue weighted by atomic mass is 31.1. The van der Waals surface area contributed by atoms with Crippen LogP contribution in [0.2, 0.25) is 0 Å². The second-order valence-electron chi connectivity index (χ2n) is 7.20. The van der Waals surface area contributed by atoms with Crippen LogP contribution >= 0.6 is 7.92 Å².